The second-order valence-corrected chi connectivity index (χ2v) is 11.7. The van der Waals surface area contributed by atoms with E-state index in [0.29, 0.717) is 0 Å². The van der Waals surface area contributed by atoms with E-state index in [1.54, 1.807) is 5.32 Å². The van der Waals surface area contributed by atoms with Gasteiger partial charge in [-0.3, -0.25) is 19.2 Å². The minimum absolute atomic E-state index is 0.0522. The van der Waals surface area contributed by atoms with Crippen LogP contribution in [0, 0.1) is 0 Å². The van der Waals surface area contributed by atoms with Crippen LogP contribution < -0.4 is 10.1 Å². The average Bonchev–Trinajstić information content (AvgIpc) is 2.95. The third kappa shape index (κ3) is 5.66. The highest BCUT2D eigenvalue weighted by Crippen LogP contribution is 2.52. The minimum Gasteiger partial charge on any atom is -0.507 e. The topological polar surface area (TPSA) is 189 Å². The van der Waals surface area contributed by atoms with Gasteiger partial charge < -0.3 is 40.0 Å². The Balaban J connectivity index is 1.60. The SMILES string of the molecule is CC(=O)[C@]1(O)Cc2c(O)c3c(c(O)c2[C@@H](OC2CC(NC(=O)C(F)(F)F)C(O)C(C)O2)C1)C(=O)c1c(OCI)cccc1C3=O. The van der Waals surface area contributed by atoms with Crippen molar-refractivity contribution in [1.29, 1.82) is 0 Å². The van der Waals surface area contributed by atoms with E-state index in [9.17, 15) is 52.8 Å². The van der Waals surface area contributed by atoms with Gasteiger partial charge in [0.05, 0.1) is 34.9 Å². The number of ketones is 3. The summed E-state index contributed by atoms with van der Waals surface area (Å²) in [7, 11) is 0. The molecule has 6 atom stereocenters. The maximum Gasteiger partial charge on any atom is 0.471 e. The van der Waals surface area contributed by atoms with E-state index in [-0.39, 0.29) is 32.6 Å². The summed E-state index contributed by atoms with van der Waals surface area (Å²) < 4.78 is 56.0. The number of phenols is 2. The largest absolute Gasteiger partial charge is 0.507 e. The summed E-state index contributed by atoms with van der Waals surface area (Å²) in [6, 6.07) is 2.76. The molecule has 16 heteroatoms. The van der Waals surface area contributed by atoms with Crippen molar-refractivity contribution in [2.45, 2.75) is 75.5 Å². The fraction of sp³-hybridized carbons (Fsp3) is 0.448. The predicted octanol–water partition coefficient (Wildman–Crippen LogP) is 2.51. The number of aliphatic hydroxyl groups excluding tert-OH is 1. The summed E-state index contributed by atoms with van der Waals surface area (Å²) in [5.74, 6) is -6.28. The minimum atomic E-state index is -5.25. The van der Waals surface area contributed by atoms with Gasteiger partial charge in [0.2, 0.25) is 5.78 Å². The Bertz CT molecular complexity index is 1610. The standard InChI is InChI=1S/C29H27F3INO11/c1-10-22(36)14(34-27(41)29(30,31)32)6-17(44-10)45-16-8-28(42,11(2)35)7-13-19(16)26(40)21-20(24(13)38)23(37)12-4-3-5-15(43-9-33)18(12)25(21)39/h3-5,10,14,16-17,22,36,38,40,42H,6-9H2,1-2H3,(H,34,41)/t10?,14?,16-,17?,22?,28-/m0/s1. The molecule has 3 aliphatic rings. The number of halogens is 4. The molecule has 1 aliphatic heterocycles. The third-order valence-corrected chi connectivity index (χ3v) is 8.63. The molecule has 0 saturated carbocycles. The zero-order chi connectivity index (χ0) is 33.2. The number of rotatable bonds is 6. The van der Waals surface area contributed by atoms with Crippen molar-refractivity contribution in [2.75, 3.05) is 4.61 Å². The molecule has 1 amide bonds. The van der Waals surface area contributed by atoms with Crippen molar-refractivity contribution in [3.8, 4) is 17.2 Å². The Morgan fingerprint density at radius 3 is 2.42 bits per heavy atom. The zero-order valence-electron chi connectivity index (χ0n) is 23.6. The molecule has 0 bridgehead atoms. The number of alkyl halides is 4. The summed E-state index contributed by atoms with van der Waals surface area (Å²) in [4.78, 5) is 51.6. The van der Waals surface area contributed by atoms with Crippen LogP contribution >= 0.6 is 22.6 Å². The first-order valence-electron chi connectivity index (χ1n) is 13.6. The first kappa shape index (κ1) is 33.1. The number of Topliss-reactive ketones (excluding diaryl/α,β-unsaturated/α-hetero) is 1. The highest BCUT2D eigenvalue weighted by atomic mass is 127. The Hall–Kier alpha value is -3.32. The molecule has 5 N–H and O–H groups in total. The lowest BCUT2D eigenvalue weighted by atomic mass is 9.72. The summed E-state index contributed by atoms with van der Waals surface area (Å²) in [6.07, 6.45) is -12.7. The normalized spacial score (nSPS) is 27.7. The highest BCUT2D eigenvalue weighted by Gasteiger charge is 2.50. The average molecular weight is 749 g/mol. The van der Waals surface area contributed by atoms with E-state index in [1.807, 2.05) is 22.6 Å². The van der Waals surface area contributed by atoms with Gasteiger partial charge in [0.15, 0.2) is 17.9 Å². The van der Waals surface area contributed by atoms with Crippen molar-refractivity contribution >= 4 is 45.8 Å². The van der Waals surface area contributed by atoms with Gasteiger partial charge in [-0.2, -0.15) is 13.2 Å². The summed E-state index contributed by atoms with van der Waals surface area (Å²) in [6.45, 7) is 2.37. The van der Waals surface area contributed by atoms with Gasteiger partial charge in [-0.1, -0.05) is 12.1 Å². The molecular formula is C29H27F3INO11. The number of phenolic OH excluding ortho intramolecular Hbond substituents is 2. The lowest BCUT2D eigenvalue weighted by Gasteiger charge is -2.42. The molecule has 1 heterocycles. The number of ether oxygens (including phenoxy) is 3. The van der Waals surface area contributed by atoms with Crippen molar-refractivity contribution in [3.05, 3.63) is 51.6 Å². The molecule has 0 radical (unpaired) electrons. The van der Waals surface area contributed by atoms with Crippen molar-refractivity contribution in [3.63, 3.8) is 0 Å². The third-order valence-electron chi connectivity index (χ3n) is 8.32. The van der Waals surface area contributed by atoms with Gasteiger partial charge in [0, 0.05) is 36.0 Å². The van der Waals surface area contributed by atoms with Gasteiger partial charge in [0.25, 0.3) is 0 Å². The Kier molecular flexibility index (Phi) is 8.67. The Morgan fingerprint density at radius 1 is 1.13 bits per heavy atom. The summed E-state index contributed by atoms with van der Waals surface area (Å²) in [5, 5.41) is 46.4. The van der Waals surface area contributed by atoms with E-state index >= 15 is 0 Å². The number of hydrogen-bond acceptors (Lipinski definition) is 11. The lowest BCUT2D eigenvalue weighted by Crippen LogP contribution is -2.57. The van der Waals surface area contributed by atoms with Crippen LogP contribution in [0.5, 0.6) is 17.2 Å². The number of nitrogens with one attached hydrogen (secondary N) is 1. The van der Waals surface area contributed by atoms with Gasteiger partial charge in [-0.25, -0.2) is 0 Å². The molecule has 5 rings (SSSR count). The van der Waals surface area contributed by atoms with Crippen LogP contribution in [0.4, 0.5) is 13.2 Å². The van der Waals surface area contributed by atoms with E-state index < -0.39 is 108 Å². The first-order chi connectivity index (χ1) is 21.0. The molecule has 2 aromatic carbocycles. The Labute approximate surface area is 266 Å². The van der Waals surface area contributed by atoms with Crippen LogP contribution in [0.25, 0.3) is 0 Å². The van der Waals surface area contributed by atoms with Gasteiger partial charge in [-0.15, -0.1) is 0 Å². The number of aromatic hydroxyl groups is 2. The van der Waals surface area contributed by atoms with Gasteiger partial charge in [-0.05, 0) is 42.5 Å². The second-order valence-electron chi connectivity index (χ2n) is 11.1. The molecule has 4 unspecified atom stereocenters. The van der Waals surface area contributed by atoms with Crippen LogP contribution in [0.1, 0.15) is 75.8 Å². The van der Waals surface area contributed by atoms with Crippen LogP contribution in [-0.4, -0.2) is 84.6 Å². The van der Waals surface area contributed by atoms with Crippen molar-refractivity contribution in [2.24, 2.45) is 0 Å². The summed E-state index contributed by atoms with van der Waals surface area (Å²) in [5.41, 5.74) is -4.12. The number of benzene rings is 2. The Morgan fingerprint density at radius 2 is 1.80 bits per heavy atom. The smallest absolute Gasteiger partial charge is 0.471 e. The fourth-order valence-corrected chi connectivity index (χ4v) is 6.36. The molecule has 2 aliphatic carbocycles. The molecule has 242 valence electrons. The summed E-state index contributed by atoms with van der Waals surface area (Å²) >= 11 is 1.89. The molecule has 45 heavy (non-hydrogen) atoms. The molecule has 0 aromatic heterocycles. The first-order valence-corrected chi connectivity index (χ1v) is 15.1. The van der Waals surface area contributed by atoms with Crippen LogP contribution in [-0.2, 0) is 25.5 Å². The molecule has 2 aromatic rings. The number of carbonyl (C=O) groups excluding carboxylic acids is 4. The van der Waals surface area contributed by atoms with Crippen LogP contribution in [0.2, 0.25) is 0 Å². The van der Waals surface area contributed by atoms with E-state index in [0.717, 1.165) is 6.92 Å². The predicted molar refractivity (Wildman–Crippen MR) is 153 cm³/mol. The lowest BCUT2D eigenvalue weighted by molar-refractivity contribution is -0.250. The number of carbonyl (C=O) groups is 4. The second kappa shape index (κ2) is 11.8. The maximum atomic E-state index is 13.8. The van der Waals surface area contributed by atoms with E-state index in [4.69, 9.17) is 14.2 Å². The van der Waals surface area contributed by atoms with Crippen LogP contribution in [0.15, 0.2) is 18.2 Å². The molecule has 1 saturated heterocycles. The monoisotopic (exact) mass is 749 g/mol. The van der Waals surface area contributed by atoms with Crippen molar-refractivity contribution in [1.82, 2.24) is 5.32 Å². The fourth-order valence-electron chi connectivity index (χ4n) is 6.03. The molecule has 0 spiro atoms. The van der Waals surface area contributed by atoms with E-state index in [1.165, 1.54) is 25.1 Å². The van der Waals surface area contributed by atoms with Gasteiger partial charge >= 0.3 is 12.1 Å². The van der Waals surface area contributed by atoms with Crippen molar-refractivity contribution < 1.29 is 67.0 Å². The number of fused-ring (bicyclic) bond motifs is 3. The number of hydrogen-bond donors (Lipinski definition) is 5. The zero-order valence-corrected chi connectivity index (χ0v) is 25.8. The molecule has 12 nitrogen and oxygen atoms in total. The van der Waals surface area contributed by atoms with Crippen LogP contribution in [0.3, 0.4) is 0 Å². The number of amides is 1. The van der Waals surface area contributed by atoms with E-state index in [2.05, 4.69) is 0 Å². The maximum absolute atomic E-state index is 13.8. The highest BCUT2D eigenvalue weighted by molar-refractivity contribution is 14.1. The number of aliphatic hydroxyl groups is 2. The molecule has 1 fully saturated rings. The van der Waals surface area contributed by atoms with Gasteiger partial charge in [0.1, 0.15) is 33.6 Å². The quantitative estimate of drug-likeness (QED) is 0.142. The molecular weight excluding hydrogens is 722 g/mol.